The largest absolute Gasteiger partial charge is 0.486 e. The van der Waals surface area contributed by atoms with Gasteiger partial charge in [-0.25, -0.2) is 4.98 Å². The van der Waals surface area contributed by atoms with Crippen LogP contribution >= 0.6 is 23.4 Å². The highest BCUT2D eigenvalue weighted by Crippen LogP contribution is 2.34. The molecule has 1 aliphatic rings. The van der Waals surface area contributed by atoms with Gasteiger partial charge in [0.2, 0.25) is 17.9 Å². The zero-order valence-electron chi connectivity index (χ0n) is 15.3. The number of carbonyl (C=O) groups is 1. The van der Waals surface area contributed by atoms with Gasteiger partial charge in [-0.2, -0.15) is 0 Å². The Labute approximate surface area is 175 Å². The van der Waals surface area contributed by atoms with Crippen LogP contribution in [-0.4, -0.2) is 33.1 Å². The number of benzene rings is 2. The van der Waals surface area contributed by atoms with Crippen LogP contribution in [0.4, 0.5) is 5.69 Å². The Morgan fingerprint density at radius 2 is 2.07 bits per heavy atom. The van der Waals surface area contributed by atoms with E-state index in [-0.39, 0.29) is 19.3 Å². The van der Waals surface area contributed by atoms with Crippen LogP contribution in [0.5, 0.6) is 17.2 Å². The summed E-state index contributed by atoms with van der Waals surface area (Å²) in [6.45, 7) is 2.20. The van der Waals surface area contributed by atoms with Crippen molar-refractivity contribution in [3.8, 4) is 17.2 Å². The van der Waals surface area contributed by atoms with E-state index in [1.54, 1.807) is 49.4 Å². The van der Waals surface area contributed by atoms with Gasteiger partial charge < -0.3 is 19.5 Å². The van der Waals surface area contributed by atoms with Crippen molar-refractivity contribution >= 4 is 35.0 Å². The maximum Gasteiger partial charge on any atom is 0.237 e. The molecule has 1 aromatic heterocycles. The monoisotopic (exact) mass is 432 g/mol. The third-order valence-corrected chi connectivity index (χ3v) is 5.20. The summed E-state index contributed by atoms with van der Waals surface area (Å²) in [5.74, 6) is 2.35. The molecule has 0 aliphatic carbocycles. The number of H-pyrrole nitrogens is 1. The van der Waals surface area contributed by atoms with Gasteiger partial charge >= 0.3 is 0 Å². The molecule has 2 heterocycles. The highest BCUT2D eigenvalue weighted by Gasteiger charge is 2.19. The number of aromatic amines is 1. The molecule has 2 N–H and O–H groups in total. The average Bonchev–Trinajstić information content (AvgIpc) is 3.36. The number of thioether (sulfide) groups is 1. The predicted octanol–water partition coefficient (Wildman–Crippen LogP) is 3.89. The van der Waals surface area contributed by atoms with E-state index in [2.05, 4.69) is 20.5 Å². The van der Waals surface area contributed by atoms with Gasteiger partial charge in [-0.1, -0.05) is 23.4 Å². The summed E-state index contributed by atoms with van der Waals surface area (Å²) in [5, 5.41) is 10.5. The molecule has 0 unspecified atom stereocenters. The Morgan fingerprint density at radius 3 is 2.90 bits per heavy atom. The van der Waals surface area contributed by atoms with Crippen LogP contribution in [0.2, 0.25) is 5.02 Å². The van der Waals surface area contributed by atoms with Crippen molar-refractivity contribution in [3.63, 3.8) is 0 Å². The molecule has 29 heavy (non-hydrogen) atoms. The molecule has 8 nitrogen and oxygen atoms in total. The number of ether oxygens (including phenoxy) is 3. The number of nitrogens with one attached hydrogen (secondary N) is 2. The van der Waals surface area contributed by atoms with Crippen LogP contribution < -0.4 is 19.5 Å². The van der Waals surface area contributed by atoms with Gasteiger partial charge in [0, 0.05) is 16.8 Å². The first-order valence-electron chi connectivity index (χ1n) is 8.73. The summed E-state index contributed by atoms with van der Waals surface area (Å²) in [5.41, 5.74) is 0.638. The average molecular weight is 433 g/mol. The number of anilines is 1. The zero-order chi connectivity index (χ0) is 20.2. The lowest BCUT2D eigenvalue weighted by molar-refractivity contribution is -0.115. The number of halogens is 1. The molecule has 0 bridgehead atoms. The quantitative estimate of drug-likeness (QED) is 0.546. The Balaban J connectivity index is 1.29. The number of hydrogen-bond acceptors (Lipinski definition) is 7. The van der Waals surface area contributed by atoms with Crippen LogP contribution in [0.25, 0.3) is 0 Å². The summed E-state index contributed by atoms with van der Waals surface area (Å²) in [7, 11) is 0. The predicted molar refractivity (Wildman–Crippen MR) is 109 cm³/mol. The van der Waals surface area contributed by atoms with Gasteiger partial charge in [0.15, 0.2) is 17.3 Å². The Bertz CT molecular complexity index is 1010. The second kappa shape index (κ2) is 8.62. The normalized spacial score (nSPS) is 13.2. The maximum absolute atomic E-state index is 12.5. The van der Waals surface area contributed by atoms with Crippen molar-refractivity contribution in [1.82, 2.24) is 15.2 Å². The van der Waals surface area contributed by atoms with E-state index in [1.807, 2.05) is 0 Å². The summed E-state index contributed by atoms with van der Waals surface area (Å²) < 4.78 is 16.2. The number of hydrogen-bond donors (Lipinski definition) is 2. The van der Waals surface area contributed by atoms with Gasteiger partial charge in [0.1, 0.15) is 12.4 Å². The lowest BCUT2D eigenvalue weighted by atomic mass is 10.2. The smallest absolute Gasteiger partial charge is 0.237 e. The van der Waals surface area contributed by atoms with Crippen LogP contribution in [0.15, 0.2) is 47.6 Å². The van der Waals surface area contributed by atoms with E-state index >= 15 is 0 Å². The third kappa shape index (κ3) is 4.93. The molecule has 0 fully saturated rings. The minimum absolute atomic E-state index is 0.169. The number of carbonyl (C=O) groups excluding carboxylic acids is 1. The van der Waals surface area contributed by atoms with E-state index in [4.69, 9.17) is 25.8 Å². The van der Waals surface area contributed by atoms with Gasteiger partial charge in [0.05, 0.1) is 5.25 Å². The molecule has 1 atom stereocenters. The Hall–Kier alpha value is -2.91. The molecule has 1 amide bonds. The minimum atomic E-state index is -0.402. The van der Waals surface area contributed by atoms with Crippen molar-refractivity contribution in [2.75, 3.05) is 12.1 Å². The summed E-state index contributed by atoms with van der Waals surface area (Å²) >= 11 is 7.10. The van der Waals surface area contributed by atoms with E-state index in [1.165, 1.54) is 11.8 Å². The van der Waals surface area contributed by atoms with Crippen LogP contribution in [-0.2, 0) is 11.4 Å². The molecule has 0 spiro atoms. The zero-order valence-corrected chi connectivity index (χ0v) is 16.9. The second-order valence-electron chi connectivity index (χ2n) is 6.12. The van der Waals surface area contributed by atoms with Crippen molar-refractivity contribution < 1.29 is 19.0 Å². The number of fused-ring (bicyclic) bond motifs is 1. The molecule has 0 radical (unpaired) electrons. The topological polar surface area (TPSA) is 98.4 Å². The van der Waals surface area contributed by atoms with E-state index in [0.29, 0.717) is 38.9 Å². The standard InChI is InChI=1S/C19H17ClN4O4S/c1-11(18(25)21-13-4-7-15-16(8-13)28-10-27-15)29-19-22-17(23-24-19)9-26-14-5-2-12(20)3-6-14/h2-8,11H,9-10H2,1H3,(H,21,25)(H,22,23,24)/t11-/m0/s1. The Morgan fingerprint density at radius 1 is 1.28 bits per heavy atom. The first-order chi connectivity index (χ1) is 14.1. The lowest BCUT2D eigenvalue weighted by Gasteiger charge is -2.10. The molecule has 4 rings (SSSR count). The highest BCUT2D eigenvalue weighted by molar-refractivity contribution is 8.00. The van der Waals surface area contributed by atoms with Gasteiger partial charge in [-0.3, -0.25) is 9.89 Å². The molecule has 1 aliphatic heterocycles. The van der Waals surface area contributed by atoms with Crippen LogP contribution in [0, 0.1) is 0 Å². The van der Waals surface area contributed by atoms with E-state index in [0.717, 1.165) is 0 Å². The minimum Gasteiger partial charge on any atom is -0.486 e. The fraction of sp³-hybridized carbons (Fsp3) is 0.211. The number of rotatable bonds is 7. The van der Waals surface area contributed by atoms with E-state index in [9.17, 15) is 4.79 Å². The number of amides is 1. The Kier molecular flexibility index (Phi) is 5.77. The third-order valence-electron chi connectivity index (χ3n) is 3.99. The summed E-state index contributed by atoms with van der Waals surface area (Å²) in [6.07, 6.45) is 0. The van der Waals surface area contributed by atoms with Crippen molar-refractivity contribution in [2.45, 2.75) is 23.9 Å². The molecule has 0 saturated carbocycles. The summed E-state index contributed by atoms with van der Waals surface area (Å²) in [6, 6.07) is 12.3. The molecule has 3 aromatic rings. The number of aromatic nitrogens is 3. The van der Waals surface area contributed by atoms with Gasteiger partial charge in [-0.05, 0) is 43.3 Å². The van der Waals surface area contributed by atoms with Crippen LogP contribution in [0.1, 0.15) is 12.7 Å². The maximum atomic E-state index is 12.5. The fourth-order valence-corrected chi connectivity index (χ4v) is 3.38. The molecular formula is C19H17ClN4O4S. The second-order valence-corrected chi connectivity index (χ2v) is 7.87. The van der Waals surface area contributed by atoms with Crippen molar-refractivity contribution in [3.05, 3.63) is 53.3 Å². The lowest BCUT2D eigenvalue weighted by Crippen LogP contribution is -2.22. The first kappa shape index (κ1) is 19.4. The molecule has 150 valence electrons. The SMILES string of the molecule is C[C@H](Sc1n[nH]c(COc2ccc(Cl)cc2)n1)C(=O)Nc1ccc2c(c1)OCO2. The molecule has 2 aromatic carbocycles. The van der Waals surface area contributed by atoms with Gasteiger partial charge in [0.25, 0.3) is 0 Å². The van der Waals surface area contributed by atoms with Crippen LogP contribution in [0.3, 0.4) is 0 Å². The molecule has 0 saturated heterocycles. The molecule has 10 heteroatoms. The molecular weight excluding hydrogens is 416 g/mol. The van der Waals surface area contributed by atoms with Gasteiger partial charge in [-0.15, -0.1) is 5.10 Å². The fourth-order valence-electron chi connectivity index (χ4n) is 2.51. The van der Waals surface area contributed by atoms with Crippen molar-refractivity contribution in [1.29, 1.82) is 0 Å². The highest BCUT2D eigenvalue weighted by atomic mass is 35.5. The number of nitrogens with zero attached hydrogens (tertiary/aromatic N) is 2. The van der Waals surface area contributed by atoms with E-state index < -0.39 is 5.25 Å². The first-order valence-corrected chi connectivity index (χ1v) is 9.99. The summed E-state index contributed by atoms with van der Waals surface area (Å²) in [4.78, 5) is 16.8. The van der Waals surface area contributed by atoms with Crippen molar-refractivity contribution in [2.24, 2.45) is 0 Å².